The van der Waals surface area contributed by atoms with Gasteiger partial charge in [-0.2, -0.15) is 0 Å². The maximum Gasteiger partial charge on any atom is 0.106 e. The van der Waals surface area contributed by atoms with E-state index < -0.39 is 0 Å². The highest BCUT2D eigenvalue weighted by Crippen LogP contribution is 2.40. The Morgan fingerprint density at radius 3 is 1.31 bits per heavy atom. The Balaban J connectivity index is 0.000000224. The lowest BCUT2D eigenvalue weighted by Gasteiger charge is -1.97. The number of carbonyl (C=O) groups excluding carboxylic acids is 1. The summed E-state index contributed by atoms with van der Waals surface area (Å²) in [6.45, 7) is 14.5. The van der Waals surface area contributed by atoms with Gasteiger partial charge in [0.2, 0.25) is 0 Å². The lowest BCUT2D eigenvalue weighted by molar-refractivity contribution is -0.0979. The van der Waals surface area contributed by atoms with Crippen molar-refractivity contribution in [2.24, 2.45) is 0 Å². The van der Waals surface area contributed by atoms with Gasteiger partial charge in [-0.05, 0) is 76.3 Å². The Labute approximate surface area is 196 Å². The van der Waals surface area contributed by atoms with Gasteiger partial charge in [0.1, 0.15) is 6.79 Å². The molecule has 2 fully saturated rings. The molecule has 0 N–H and O–H groups in total. The molecule has 2 saturated carbocycles. The quantitative estimate of drug-likeness (QED) is 0.396. The van der Waals surface area contributed by atoms with Crippen LogP contribution in [0, 0.1) is 27.7 Å². The zero-order valence-corrected chi connectivity index (χ0v) is 21.0. The van der Waals surface area contributed by atoms with Gasteiger partial charge in [-0.1, -0.05) is 109 Å². The fraction of sp³-hybridized carbons (Fsp3) is 0.387. The molecule has 0 amide bonds. The van der Waals surface area contributed by atoms with Crippen molar-refractivity contribution in [1.29, 1.82) is 0 Å². The van der Waals surface area contributed by atoms with Gasteiger partial charge in [0.05, 0.1) is 0 Å². The molecule has 0 atom stereocenters. The molecule has 172 valence electrons. The normalized spacial score (nSPS) is 13.4. The predicted octanol–water partition coefficient (Wildman–Crippen LogP) is 8.89. The van der Waals surface area contributed by atoms with Gasteiger partial charge < -0.3 is 4.79 Å². The SMILES string of the molecule is C=O.CC.Cc1ccc(C2CC2)cc1.Cc1cccc(C)c1.Cc1cccc(C2CC2)c1. The Kier molecular flexibility index (Phi) is 13.0. The van der Waals surface area contributed by atoms with E-state index in [-0.39, 0.29) is 0 Å². The first-order valence-corrected chi connectivity index (χ1v) is 12.0. The number of carbonyl (C=O) groups is 1. The highest BCUT2D eigenvalue weighted by molar-refractivity contribution is 5.28. The Morgan fingerprint density at radius 2 is 0.938 bits per heavy atom. The minimum atomic E-state index is 0.903. The standard InChI is InChI=1S/2C10H12.C8H10.C2H6.CH2O/c1-8-2-4-9(5-3-8)10-6-7-10;1-8-3-2-4-10(7-8)9-5-6-9;1-7-4-3-5-8(2)6-7;2*1-2/h2-5,10H,6-7H2,1H3;2-4,7,9H,5-6H2,1H3;3-6H,1-2H3;1-2H3;1H2. The van der Waals surface area contributed by atoms with E-state index in [9.17, 15) is 0 Å². The minimum Gasteiger partial charge on any atom is -0.307 e. The van der Waals surface area contributed by atoms with Gasteiger partial charge in [-0.3, -0.25) is 0 Å². The summed E-state index contributed by atoms with van der Waals surface area (Å²) in [4.78, 5) is 8.00. The minimum absolute atomic E-state index is 0.903. The molecule has 3 aromatic carbocycles. The van der Waals surface area contributed by atoms with Crippen LogP contribution in [0.15, 0.2) is 72.8 Å². The molecular formula is C31H42O. The number of hydrogen-bond acceptors (Lipinski definition) is 1. The van der Waals surface area contributed by atoms with Crippen LogP contribution in [0.4, 0.5) is 0 Å². The van der Waals surface area contributed by atoms with Crippen molar-refractivity contribution in [2.45, 2.75) is 79.1 Å². The molecule has 2 aliphatic rings. The summed E-state index contributed by atoms with van der Waals surface area (Å²) >= 11 is 0. The molecule has 0 unspecified atom stereocenters. The summed E-state index contributed by atoms with van der Waals surface area (Å²) in [6.07, 6.45) is 5.62. The van der Waals surface area contributed by atoms with Crippen molar-refractivity contribution in [3.63, 3.8) is 0 Å². The third-order valence-electron chi connectivity index (χ3n) is 5.39. The second kappa shape index (κ2) is 15.2. The average Bonchev–Trinajstić information content (AvgIpc) is 3.71. The summed E-state index contributed by atoms with van der Waals surface area (Å²) in [5, 5.41) is 0. The molecule has 0 spiro atoms. The summed E-state index contributed by atoms with van der Waals surface area (Å²) in [6, 6.07) is 26.2. The number of hydrogen-bond donors (Lipinski definition) is 0. The van der Waals surface area contributed by atoms with E-state index in [0.29, 0.717) is 0 Å². The molecule has 3 aromatic rings. The first-order chi connectivity index (χ1) is 15.5. The molecule has 0 bridgehead atoms. The Hall–Kier alpha value is -2.67. The zero-order valence-electron chi connectivity index (χ0n) is 21.0. The van der Waals surface area contributed by atoms with Gasteiger partial charge in [-0.15, -0.1) is 0 Å². The largest absolute Gasteiger partial charge is 0.307 e. The van der Waals surface area contributed by atoms with E-state index in [1.54, 1.807) is 5.56 Å². The molecule has 1 heteroatoms. The molecule has 0 aromatic heterocycles. The summed E-state index contributed by atoms with van der Waals surface area (Å²) in [5.41, 5.74) is 8.51. The number of aryl methyl sites for hydroxylation is 4. The number of rotatable bonds is 2. The molecule has 5 rings (SSSR count). The number of benzene rings is 3. The van der Waals surface area contributed by atoms with Crippen molar-refractivity contribution >= 4 is 6.79 Å². The van der Waals surface area contributed by atoms with Crippen molar-refractivity contribution in [2.75, 3.05) is 0 Å². The summed E-state index contributed by atoms with van der Waals surface area (Å²) < 4.78 is 0. The summed E-state index contributed by atoms with van der Waals surface area (Å²) in [5.74, 6) is 1.81. The van der Waals surface area contributed by atoms with E-state index >= 15 is 0 Å². The van der Waals surface area contributed by atoms with Crippen LogP contribution in [0.3, 0.4) is 0 Å². The van der Waals surface area contributed by atoms with E-state index in [1.165, 1.54) is 53.5 Å². The van der Waals surface area contributed by atoms with Crippen molar-refractivity contribution in [1.82, 2.24) is 0 Å². The van der Waals surface area contributed by atoms with Crippen molar-refractivity contribution < 1.29 is 4.79 Å². The highest BCUT2D eigenvalue weighted by atomic mass is 16.1. The van der Waals surface area contributed by atoms with Crippen molar-refractivity contribution in [3.05, 3.63) is 106 Å². The van der Waals surface area contributed by atoms with Crippen LogP contribution < -0.4 is 0 Å². The van der Waals surface area contributed by atoms with Gasteiger partial charge in [-0.25, -0.2) is 0 Å². The molecule has 32 heavy (non-hydrogen) atoms. The fourth-order valence-corrected chi connectivity index (χ4v) is 3.40. The molecular weight excluding hydrogens is 388 g/mol. The fourth-order valence-electron chi connectivity index (χ4n) is 3.40. The lowest BCUT2D eigenvalue weighted by Crippen LogP contribution is -1.78. The first-order valence-electron chi connectivity index (χ1n) is 12.0. The zero-order chi connectivity index (χ0) is 23.9. The van der Waals surface area contributed by atoms with E-state index in [2.05, 4.69) is 100 Å². The molecule has 1 nitrogen and oxygen atoms in total. The second-order valence-corrected chi connectivity index (χ2v) is 8.53. The second-order valence-electron chi connectivity index (χ2n) is 8.53. The van der Waals surface area contributed by atoms with Crippen LogP contribution in [-0.4, -0.2) is 6.79 Å². The van der Waals surface area contributed by atoms with E-state index in [0.717, 1.165) is 11.8 Å². The van der Waals surface area contributed by atoms with Gasteiger partial charge in [0.15, 0.2) is 0 Å². The molecule has 0 heterocycles. The van der Waals surface area contributed by atoms with E-state index in [4.69, 9.17) is 4.79 Å². The van der Waals surface area contributed by atoms with Crippen LogP contribution >= 0.6 is 0 Å². The summed E-state index contributed by atoms with van der Waals surface area (Å²) in [7, 11) is 0. The average molecular weight is 431 g/mol. The Bertz CT molecular complexity index is 869. The molecule has 0 saturated heterocycles. The molecule has 0 aliphatic heterocycles. The van der Waals surface area contributed by atoms with Gasteiger partial charge >= 0.3 is 0 Å². The van der Waals surface area contributed by atoms with Crippen LogP contribution in [0.25, 0.3) is 0 Å². The third-order valence-corrected chi connectivity index (χ3v) is 5.39. The maximum absolute atomic E-state index is 8.00. The van der Waals surface area contributed by atoms with Crippen LogP contribution in [-0.2, 0) is 4.79 Å². The Morgan fingerprint density at radius 1 is 0.531 bits per heavy atom. The molecule has 2 aliphatic carbocycles. The predicted molar refractivity (Wildman–Crippen MR) is 141 cm³/mol. The van der Waals surface area contributed by atoms with E-state index in [1.807, 2.05) is 20.6 Å². The lowest BCUT2D eigenvalue weighted by atomic mass is 10.1. The first kappa shape index (κ1) is 27.4. The highest BCUT2D eigenvalue weighted by Gasteiger charge is 2.23. The molecule has 0 radical (unpaired) electrons. The smallest absolute Gasteiger partial charge is 0.106 e. The van der Waals surface area contributed by atoms with Crippen LogP contribution in [0.2, 0.25) is 0 Å². The van der Waals surface area contributed by atoms with Crippen LogP contribution in [0.1, 0.15) is 84.7 Å². The van der Waals surface area contributed by atoms with Gasteiger partial charge in [0.25, 0.3) is 0 Å². The monoisotopic (exact) mass is 430 g/mol. The topological polar surface area (TPSA) is 17.1 Å². The van der Waals surface area contributed by atoms with Crippen LogP contribution in [0.5, 0.6) is 0 Å². The maximum atomic E-state index is 8.00. The van der Waals surface area contributed by atoms with Crippen molar-refractivity contribution in [3.8, 4) is 0 Å². The van der Waals surface area contributed by atoms with Gasteiger partial charge in [0, 0.05) is 0 Å². The third kappa shape index (κ3) is 11.1.